The molecule has 160 valence electrons. The van der Waals surface area contributed by atoms with E-state index >= 15 is 0 Å². The number of allylic oxidation sites excluding steroid dienone is 1. The second kappa shape index (κ2) is 8.57. The van der Waals surface area contributed by atoms with E-state index in [2.05, 4.69) is 15.2 Å². The molecule has 0 saturated carbocycles. The predicted molar refractivity (Wildman–Crippen MR) is 111 cm³/mol. The van der Waals surface area contributed by atoms with Crippen LogP contribution in [-0.2, 0) is 17.9 Å². The number of oxazole rings is 1. The highest BCUT2D eigenvalue weighted by Crippen LogP contribution is 2.49. The summed E-state index contributed by atoms with van der Waals surface area (Å²) in [6.45, 7) is 5.25. The number of amides is 1. The number of aliphatic hydroxyl groups is 1. The molecule has 1 amide bonds. The Bertz CT molecular complexity index is 982. The molecule has 30 heavy (non-hydrogen) atoms. The number of likely N-dealkylation sites (tertiary alicyclic amines) is 1. The Balaban J connectivity index is 1.76. The van der Waals surface area contributed by atoms with Gasteiger partial charge in [0.05, 0.1) is 17.8 Å². The number of aliphatic hydroxyl groups excluding tert-OH is 1. The highest BCUT2D eigenvalue weighted by atomic mass is 16.3. The first-order chi connectivity index (χ1) is 14.6. The smallest absolute Gasteiger partial charge is 0.258 e. The van der Waals surface area contributed by atoms with E-state index in [4.69, 9.17) is 4.42 Å². The van der Waals surface area contributed by atoms with Crippen molar-refractivity contribution >= 4 is 12.0 Å². The second-order valence-corrected chi connectivity index (χ2v) is 7.97. The van der Waals surface area contributed by atoms with E-state index in [-0.39, 0.29) is 36.0 Å². The van der Waals surface area contributed by atoms with E-state index < -0.39 is 6.04 Å². The van der Waals surface area contributed by atoms with Gasteiger partial charge in [-0.1, -0.05) is 19.1 Å². The van der Waals surface area contributed by atoms with Crippen LogP contribution in [0.2, 0.25) is 0 Å². The monoisotopic (exact) mass is 412 g/mol. The molecule has 2 N–H and O–H groups in total. The van der Waals surface area contributed by atoms with E-state index in [1.54, 1.807) is 16.9 Å². The molecule has 0 aromatic carbocycles. The average molecular weight is 412 g/mol. The highest BCUT2D eigenvalue weighted by Gasteiger charge is 2.55. The van der Waals surface area contributed by atoms with Crippen molar-refractivity contribution < 1.29 is 14.3 Å². The van der Waals surface area contributed by atoms with Crippen LogP contribution in [-0.4, -0.2) is 44.7 Å². The molecule has 0 aliphatic carbocycles. The number of hydrogen-bond acceptors (Lipinski definition) is 6. The number of fused-ring (bicyclic) bond motifs is 3. The molecular weight excluding hydrogens is 384 g/mol. The zero-order valence-electron chi connectivity index (χ0n) is 17.3. The molecule has 4 heterocycles. The molecule has 2 aromatic rings. The summed E-state index contributed by atoms with van der Waals surface area (Å²) < 4.78 is 6.93. The van der Waals surface area contributed by atoms with Gasteiger partial charge in [0.15, 0.2) is 6.39 Å². The summed E-state index contributed by atoms with van der Waals surface area (Å²) in [5.74, 6) is -0.399. The third-order valence-electron chi connectivity index (χ3n) is 6.21. The first kappa shape index (κ1) is 20.6. The van der Waals surface area contributed by atoms with Crippen molar-refractivity contribution in [3.05, 3.63) is 58.2 Å². The van der Waals surface area contributed by atoms with Gasteiger partial charge in [0.1, 0.15) is 6.26 Å². The number of pyridine rings is 1. The van der Waals surface area contributed by atoms with Crippen LogP contribution in [0.3, 0.4) is 0 Å². The Kier molecular flexibility index (Phi) is 5.87. The van der Waals surface area contributed by atoms with E-state index in [1.807, 2.05) is 32.1 Å². The largest absolute Gasteiger partial charge is 0.451 e. The average Bonchev–Trinajstić information content (AvgIpc) is 3.44. The first-order valence-electron chi connectivity index (χ1n) is 10.5. The van der Waals surface area contributed by atoms with E-state index in [0.29, 0.717) is 30.9 Å². The summed E-state index contributed by atoms with van der Waals surface area (Å²) in [7, 11) is 0. The number of nitrogens with one attached hydrogen (secondary N) is 1. The van der Waals surface area contributed by atoms with E-state index in [1.165, 1.54) is 6.39 Å². The van der Waals surface area contributed by atoms with Crippen molar-refractivity contribution in [1.82, 2.24) is 19.8 Å². The van der Waals surface area contributed by atoms with Gasteiger partial charge in [-0.25, -0.2) is 4.98 Å². The zero-order valence-corrected chi connectivity index (χ0v) is 17.3. The third kappa shape index (κ3) is 3.40. The molecular formula is C22H28N4O4. The summed E-state index contributed by atoms with van der Waals surface area (Å²) in [5.41, 5.74) is 2.20. The van der Waals surface area contributed by atoms with Crippen LogP contribution in [0, 0.1) is 11.8 Å². The fourth-order valence-corrected chi connectivity index (χ4v) is 4.96. The van der Waals surface area contributed by atoms with Crippen LogP contribution in [0.15, 0.2) is 40.1 Å². The van der Waals surface area contributed by atoms with Gasteiger partial charge in [0, 0.05) is 49.3 Å². The lowest BCUT2D eigenvalue weighted by atomic mass is 9.88. The lowest BCUT2D eigenvalue weighted by molar-refractivity contribution is -0.128. The minimum Gasteiger partial charge on any atom is -0.451 e. The van der Waals surface area contributed by atoms with Crippen LogP contribution < -0.4 is 10.9 Å². The molecule has 8 nitrogen and oxygen atoms in total. The Hall–Kier alpha value is -2.71. The van der Waals surface area contributed by atoms with E-state index in [0.717, 1.165) is 12.1 Å². The molecule has 4 rings (SSSR count). The topological polar surface area (TPSA) is 101 Å². The number of rotatable bonds is 7. The van der Waals surface area contributed by atoms with Crippen molar-refractivity contribution in [2.24, 2.45) is 11.8 Å². The van der Waals surface area contributed by atoms with Crippen molar-refractivity contribution in [1.29, 1.82) is 0 Å². The molecule has 0 radical (unpaired) electrons. The molecule has 2 aliphatic heterocycles. The Morgan fingerprint density at radius 2 is 2.27 bits per heavy atom. The molecule has 0 unspecified atom stereocenters. The molecule has 8 heteroatoms. The maximum Gasteiger partial charge on any atom is 0.258 e. The first-order valence-corrected chi connectivity index (χ1v) is 10.5. The fraction of sp³-hybridized carbons (Fsp3) is 0.500. The predicted octanol–water partition coefficient (Wildman–Crippen LogP) is 1.56. The van der Waals surface area contributed by atoms with Gasteiger partial charge >= 0.3 is 0 Å². The van der Waals surface area contributed by atoms with Crippen molar-refractivity contribution in [3.8, 4) is 0 Å². The molecule has 4 atom stereocenters. The molecule has 2 aromatic heterocycles. The highest BCUT2D eigenvalue weighted by molar-refractivity contribution is 5.82. The molecule has 1 saturated heterocycles. The third-order valence-corrected chi connectivity index (χ3v) is 6.21. The van der Waals surface area contributed by atoms with Crippen molar-refractivity contribution in [2.45, 2.75) is 45.4 Å². The zero-order chi connectivity index (χ0) is 21.3. The lowest BCUT2D eigenvalue weighted by Crippen LogP contribution is -2.48. The number of nitrogens with zero attached hydrogens (tertiary/aromatic N) is 3. The molecule has 0 spiro atoms. The molecule has 0 bridgehead atoms. The maximum absolute atomic E-state index is 13.1. The van der Waals surface area contributed by atoms with Crippen LogP contribution in [0.25, 0.3) is 6.08 Å². The molecule has 2 aliphatic rings. The van der Waals surface area contributed by atoms with Crippen LogP contribution in [0.5, 0.6) is 0 Å². The maximum atomic E-state index is 13.1. The number of aromatic nitrogens is 2. The van der Waals surface area contributed by atoms with Gasteiger partial charge in [0.25, 0.3) is 5.56 Å². The number of carbonyl (C=O) groups is 1. The number of hydrogen-bond donors (Lipinski definition) is 2. The fourth-order valence-electron chi connectivity index (χ4n) is 4.96. The number of carbonyl (C=O) groups excluding carboxylic acids is 1. The summed E-state index contributed by atoms with van der Waals surface area (Å²) in [6.07, 6.45) is 7.43. The standard InChI is InChI=1S/C22H28N4O4/c1-3-5-14-6-7-18-19-16(10-25(18)22(14)29)17(11-27)20(21(28)23-8-4-2)26(19)9-15-12-30-13-24-15/h3,5-7,12-13,16-17,19-20,27H,4,8-11H2,1-2H3,(H,23,28)/b5-3-/t16-,17-,19+,20-/m1/s1. The second-order valence-electron chi connectivity index (χ2n) is 7.97. The Labute approximate surface area is 175 Å². The summed E-state index contributed by atoms with van der Waals surface area (Å²) >= 11 is 0. The van der Waals surface area contributed by atoms with E-state index in [9.17, 15) is 14.7 Å². The van der Waals surface area contributed by atoms with Gasteiger partial charge in [-0.3, -0.25) is 14.5 Å². The van der Waals surface area contributed by atoms with Gasteiger partial charge in [-0.15, -0.1) is 0 Å². The van der Waals surface area contributed by atoms with Crippen molar-refractivity contribution in [3.63, 3.8) is 0 Å². The van der Waals surface area contributed by atoms with Gasteiger partial charge in [-0.05, 0) is 25.5 Å². The van der Waals surface area contributed by atoms with Crippen LogP contribution >= 0.6 is 0 Å². The van der Waals surface area contributed by atoms with Gasteiger partial charge < -0.3 is 19.4 Å². The molecule has 1 fully saturated rings. The summed E-state index contributed by atoms with van der Waals surface area (Å²) in [5, 5.41) is 13.2. The van der Waals surface area contributed by atoms with Gasteiger partial charge in [0.2, 0.25) is 5.91 Å². The quantitative estimate of drug-likeness (QED) is 0.716. The van der Waals surface area contributed by atoms with Gasteiger partial charge in [-0.2, -0.15) is 0 Å². The van der Waals surface area contributed by atoms with Crippen LogP contribution in [0.4, 0.5) is 0 Å². The SMILES string of the molecule is C/C=C\c1ccc2n(c1=O)C[C@@H]1[C@@H](CO)[C@H](C(=O)NCCC)N(Cc3cocn3)[C@H]21. The normalized spacial score (nSPS) is 25.6. The summed E-state index contributed by atoms with van der Waals surface area (Å²) in [4.78, 5) is 32.4. The lowest BCUT2D eigenvalue weighted by Gasteiger charge is -2.30. The minimum atomic E-state index is -0.493. The minimum absolute atomic E-state index is 0.0344. The summed E-state index contributed by atoms with van der Waals surface area (Å²) in [6, 6.07) is 3.16. The van der Waals surface area contributed by atoms with Crippen molar-refractivity contribution in [2.75, 3.05) is 13.2 Å². The Morgan fingerprint density at radius 1 is 1.43 bits per heavy atom. The Morgan fingerprint density at radius 3 is 2.93 bits per heavy atom. The van der Waals surface area contributed by atoms with Crippen LogP contribution in [0.1, 0.15) is 43.3 Å².